The molecule has 3 nitrogen and oxygen atoms in total. The zero-order valence-electron chi connectivity index (χ0n) is 9.34. The lowest BCUT2D eigenvalue weighted by molar-refractivity contribution is 0.113. The lowest BCUT2D eigenvalue weighted by Crippen LogP contribution is -2.38. The van der Waals surface area contributed by atoms with Crippen molar-refractivity contribution in [2.75, 3.05) is 6.54 Å². The van der Waals surface area contributed by atoms with Gasteiger partial charge >= 0.3 is 0 Å². The summed E-state index contributed by atoms with van der Waals surface area (Å²) in [6.07, 6.45) is 9.59. The van der Waals surface area contributed by atoms with E-state index in [0.29, 0.717) is 17.4 Å². The summed E-state index contributed by atoms with van der Waals surface area (Å²) in [6, 6.07) is 0.631. The molecule has 15 heavy (non-hydrogen) atoms. The molecule has 3 heteroatoms. The number of guanidine groups is 1. The van der Waals surface area contributed by atoms with Gasteiger partial charge < -0.3 is 11.1 Å². The molecule has 0 aliphatic heterocycles. The quantitative estimate of drug-likeness (QED) is 0.544. The highest BCUT2D eigenvalue weighted by Crippen LogP contribution is 2.57. The Hall–Kier alpha value is -0.730. The zero-order chi connectivity index (χ0) is 10.3. The van der Waals surface area contributed by atoms with Gasteiger partial charge in [-0.1, -0.05) is 6.42 Å². The second-order valence-electron chi connectivity index (χ2n) is 5.61. The van der Waals surface area contributed by atoms with E-state index in [0.717, 1.165) is 12.5 Å². The number of nitrogens with one attached hydrogen (secondary N) is 1. The Balaban J connectivity index is 1.54. The maximum Gasteiger partial charge on any atom is 0.188 e. The van der Waals surface area contributed by atoms with Crippen LogP contribution in [0.2, 0.25) is 0 Å². The van der Waals surface area contributed by atoms with Gasteiger partial charge in [-0.25, -0.2) is 0 Å². The monoisotopic (exact) mass is 207 g/mol. The van der Waals surface area contributed by atoms with Gasteiger partial charge in [-0.3, -0.25) is 4.99 Å². The SMILES string of the molecule is NC(=NCC1(C2CC2)CCC1)NC1CC1. The van der Waals surface area contributed by atoms with E-state index in [-0.39, 0.29) is 0 Å². The van der Waals surface area contributed by atoms with Crippen LogP contribution in [-0.2, 0) is 0 Å². The van der Waals surface area contributed by atoms with Gasteiger partial charge in [0.25, 0.3) is 0 Å². The normalized spacial score (nSPS) is 29.7. The van der Waals surface area contributed by atoms with E-state index in [1.165, 1.54) is 44.9 Å². The molecule has 0 spiro atoms. The molecule has 3 aliphatic carbocycles. The summed E-state index contributed by atoms with van der Waals surface area (Å²) in [6.45, 7) is 0.975. The Morgan fingerprint density at radius 2 is 2.00 bits per heavy atom. The summed E-state index contributed by atoms with van der Waals surface area (Å²) in [5.74, 6) is 1.66. The molecule has 3 rings (SSSR count). The molecule has 0 heterocycles. The van der Waals surface area contributed by atoms with Gasteiger partial charge in [0.05, 0.1) is 0 Å². The Bertz CT molecular complexity index is 273. The molecule has 0 aromatic rings. The van der Waals surface area contributed by atoms with E-state index >= 15 is 0 Å². The summed E-state index contributed by atoms with van der Waals surface area (Å²) < 4.78 is 0. The van der Waals surface area contributed by atoms with E-state index < -0.39 is 0 Å². The highest BCUT2D eigenvalue weighted by Gasteiger charge is 2.48. The predicted octanol–water partition coefficient (Wildman–Crippen LogP) is 1.63. The smallest absolute Gasteiger partial charge is 0.188 e. The Morgan fingerprint density at radius 3 is 2.47 bits per heavy atom. The van der Waals surface area contributed by atoms with E-state index in [4.69, 9.17) is 5.73 Å². The van der Waals surface area contributed by atoms with Gasteiger partial charge in [-0.15, -0.1) is 0 Å². The summed E-state index contributed by atoms with van der Waals surface area (Å²) in [5.41, 5.74) is 6.43. The molecule has 84 valence electrons. The van der Waals surface area contributed by atoms with Gasteiger partial charge in [-0.05, 0) is 49.9 Å². The second-order valence-corrected chi connectivity index (χ2v) is 5.61. The lowest BCUT2D eigenvalue weighted by atomic mass is 9.65. The standard InChI is InChI=1S/C12H21N3/c13-11(15-10-4-5-10)14-8-12(6-1-7-12)9-2-3-9/h9-10H,1-8H2,(H3,13,14,15). The summed E-state index contributed by atoms with van der Waals surface area (Å²) >= 11 is 0. The van der Waals surface area contributed by atoms with Gasteiger partial charge in [0.1, 0.15) is 0 Å². The molecule has 3 fully saturated rings. The average molecular weight is 207 g/mol. The van der Waals surface area contributed by atoms with E-state index in [2.05, 4.69) is 10.3 Å². The molecule has 0 saturated heterocycles. The Kier molecular flexibility index (Phi) is 2.15. The third-order valence-electron chi connectivity index (χ3n) is 4.29. The number of nitrogens with two attached hydrogens (primary N) is 1. The van der Waals surface area contributed by atoms with Crippen molar-refractivity contribution in [2.45, 2.75) is 51.0 Å². The van der Waals surface area contributed by atoms with Crippen LogP contribution < -0.4 is 11.1 Å². The second kappa shape index (κ2) is 3.39. The minimum absolute atomic E-state index is 0.565. The fraction of sp³-hybridized carbons (Fsp3) is 0.917. The van der Waals surface area contributed by atoms with Crippen molar-refractivity contribution in [1.82, 2.24) is 5.32 Å². The summed E-state index contributed by atoms with van der Waals surface area (Å²) in [4.78, 5) is 4.54. The molecule has 0 radical (unpaired) electrons. The maximum absolute atomic E-state index is 5.86. The van der Waals surface area contributed by atoms with Crippen LogP contribution in [0.15, 0.2) is 4.99 Å². The minimum atomic E-state index is 0.565. The third kappa shape index (κ3) is 1.97. The molecule has 0 aromatic carbocycles. The maximum atomic E-state index is 5.86. The number of rotatable bonds is 4. The zero-order valence-corrected chi connectivity index (χ0v) is 9.34. The van der Waals surface area contributed by atoms with Gasteiger partial charge in [0, 0.05) is 12.6 Å². The van der Waals surface area contributed by atoms with Crippen LogP contribution in [0.5, 0.6) is 0 Å². The van der Waals surface area contributed by atoms with Gasteiger partial charge in [-0.2, -0.15) is 0 Å². The van der Waals surface area contributed by atoms with E-state index in [9.17, 15) is 0 Å². The number of hydrogen-bond donors (Lipinski definition) is 2. The first-order valence-electron chi connectivity index (χ1n) is 6.35. The first-order valence-corrected chi connectivity index (χ1v) is 6.35. The van der Waals surface area contributed by atoms with Crippen LogP contribution in [-0.4, -0.2) is 18.5 Å². The number of aliphatic imine (C=N–C) groups is 1. The van der Waals surface area contributed by atoms with E-state index in [1.54, 1.807) is 0 Å². The highest BCUT2D eigenvalue weighted by molar-refractivity contribution is 5.78. The third-order valence-corrected chi connectivity index (χ3v) is 4.29. The van der Waals surface area contributed by atoms with Crippen molar-refractivity contribution >= 4 is 5.96 Å². The van der Waals surface area contributed by atoms with Crippen LogP contribution in [0.1, 0.15) is 44.9 Å². The lowest BCUT2D eigenvalue weighted by Gasteiger charge is -2.41. The molecule has 3 saturated carbocycles. The van der Waals surface area contributed by atoms with Crippen molar-refractivity contribution in [3.8, 4) is 0 Å². The van der Waals surface area contributed by atoms with Crippen molar-refractivity contribution < 1.29 is 0 Å². The predicted molar refractivity (Wildman–Crippen MR) is 61.7 cm³/mol. The minimum Gasteiger partial charge on any atom is -0.370 e. The topological polar surface area (TPSA) is 50.4 Å². The van der Waals surface area contributed by atoms with Crippen molar-refractivity contribution in [1.29, 1.82) is 0 Å². The fourth-order valence-corrected chi connectivity index (χ4v) is 2.75. The van der Waals surface area contributed by atoms with Gasteiger partial charge in [0.2, 0.25) is 0 Å². The summed E-state index contributed by atoms with van der Waals surface area (Å²) in [7, 11) is 0. The Morgan fingerprint density at radius 1 is 1.27 bits per heavy atom. The van der Waals surface area contributed by atoms with Gasteiger partial charge in [0.15, 0.2) is 5.96 Å². The molecule has 0 unspecified atom stereocenters. The molecule has 0 atom stereocenters. The molecule has 3 aliphatic rings. The molecule has 0 bridgehead atoms. The van der Waals surface area contributed by atoms with Crippen LogP contribution in [0.4, 0.5) is 0 Å². The fourth-order valence-electron chi connectivity index (χ4n) is 2.75. The molecular formula is C12H21N3. The molecule has 3 N–H and O–H groups in total. The van der Waals surface area contributed by atoms with Crippen LogP contribution in [0, 0.1) is 11.3 Å². The molecule has 0 aromatic heterocycles. The highest BCUT2D eigenvalue weighted by atomic mass is 15.1. The molecular weight excluding hydrogens is 186 g/mol. The van der Waals surface area contributed by atoms with Crippen LogP contribution in [0.3, 0.4) is 0 Å². The van der Waals surface area contributed by atoms with Crippen molar-refractivity contribution in [3.63, 3.8) is 0 Å². The first-order chi connectivity index (χ1) is 7.28. The number of nitrogens with zero attached hydrogens (tertiary/aromatic N) is 1. The van der Waals surface area contributed by atoms with Crippen molar-refractivity contribution in [2.24, 2.45) is 22.1 Å². The van der Waals surface area contributed by atoms with Crippen LogP contribution >= 0.6 is 0 Å². The van der Waals surface area contributed by atoms with E-state index in [1.807, 2.05) is 0 Å². The Labute approximate surface area is 91.5 Å². The largest absolute Gasteiger partial charge is 0.370 e. The molecule has 0 amide bonds. The summed E-state index contributed by atoms with van der Waals surface area (Å²) in [5, 5.41) is 3.26. The van der Waals surface area contributed by atoms with Crippen LogP contribution in [0.25, 0.3) is 0 Å². The first kappa shape index (κ1) is 9.49. The number of hydrogen-bond acceptors (Lipinski definition) is 1. The van der Waals surface area contributed by atoms with Crippen molar-refractivity contribution in [3.05, 3.63) is 0 Å². The average Bonchev–Trinajstić information content (AvgIpc) is 2.95.